The Balaban J connectivity index is 0. The second-order valence-electron chi connectivity index (χ2n) is 0.882. The number of halogens is 5. The number of hydrogen-bond acceptors (Lipinski definition) is 0. The standard InChI is InChI=1S/C2H3Cl2F.CH2ClF/c1-2(3,4)5;2-1-3/h1H3;1H2. The summed E-state index contributed by atoms with van der Waals surface area (Å²) >= 11 is 13.6. The molecule has 0 unspecified atom stereocenters. The molecule has 5 heteroatoms. The fourth-order valence-electron chi connectivity index (χ4n) is 0. The van der Waals surface area contributed by atoms with E-state index in [1.165, 1.54) is 0 Å². The molecule has 0 aliphatic carbocycles. The van der Waals surface area contributed by atoms with Crippen molar-refractivity contribution in [1.82, 2.24) is 0 Å². The summed E-state index contributed by atoms with van der Waals surface area (Å²) in [4.78, 5) is 0. The summed E-state index contributed by atoms with van der Waals surface area (Å²) < 4.78 is 19.2. The maximum absolute atomic E-state index is 11.2. The Hall–Kier alpha value is 0.730. The third-order valence-electron chi connectivity index (χ3n) is 0. The van der Waals surface area contributed by atoms with E-state index in [9.17, 15) is 8.78 Å². The Labute approximate surface area is 61.7 Å². The zero-order chi connectivity index (χ0) is 7.21. The molecule has 0 fully saturated rings. The van der Waals surface area contributed by atoms with E-state index in [1.54, 1.807) is 0 Å². The third kappa shape index (κ3) is 415. The molecule has 0 saturated carbocycles. The van der Waals surface area contributed by atoms with E-state index >= 15 is 0 Å². The van der Waals surface area contributed by atoms with Gasteiger partial charge in [0.25, 0.3) is 4.59 Å². The molecular weight excluding hydrogens is 180 g/mol. The van der Waals surface area contributed by atoms with Crippen LogP contribution in [0.15, 0.2) is 0 Å². The molecule has 0 N–H and O–H groups in total. The molecule has 0 heterocycles. The Bertz CT molecular complexity index is 36.3. The van der Waals surface area contributed by atoms with E-state index in [4.69, 9.17) is 0 Å². The van der Waals surface area contributed by atoms with Gasteiger partial charge in [-0.15, -0.1) is 0 Å². The van der Waals surface area contributed by atoms with Crippen LogP contribution in [0.1, 0.15) is 6.92 Å². The molecule has 0 saturated heterocycles. The van der Waals surface area contributed by atoms with Crippen LogP contribution in [0.5, 0.6) is 0 Å². The van der Waals surface area contributed by atoms with Gasteiger partial charge in [-0.05, 0) is 6.92 Å². The van der Waals surface area contributed by atoms with E-state index in [0.717, 1.165) is 6.92 Å². The number of rotatable bonds is 0. The van der Waals surface area contributed by atoms with Crippen LogP contribution in [0.3, 0.4) is 0 Å². The molecule has 0 atom stereocenters. The highest BCUT2D eigenvalue weighted by molar-refractivity contribution is 6.46. The summed E-state index contributed by atoms with van der Waals surface area (Å²) in [6.45, 7) is 1.05. The molecule has 52 valence electrons. The number of alkyl halides is 5. The Morgan fingerprint density at radius 1 is 1.50 bits per heavy atom. The van der Waals surface area contributed by atoms with E-state index < -0.39 is 10.7 Å². The maximum Gasteiger partial charge on any atom is 0.254 e. The minimum absolute atomic E-state index is 0.778. The third-order valence-corrected chi connectivity index (χ3v) is 0. The van der Waals surface area contributed by atoms with Crippen LogP contribution in [0.25, 0.3) is 0 Å². The smallest absolute Gasteiger partial charge is 0.234 e. The lowest BCUT2D eigenvalue weighted by Crippen LogP contribution is -1.90. The molecular formula is C3H5Cl3F2. The van der Waals surface area contributed by atoms with Crippen molar-refractivity contribution in [3.8, 4) is 0 Å². The van der Waals surface area contributed by atoms with Crippen molar-refractivity contribution in [1.29, 1.82) is 0 Å². The molecule has 0 aliphatic rings. The summed E-state index contributed by atoms with van der Waals surface area (Å²) in [5.74, 6) is 0. The highest BCUT2D eigenvalue weighted by Crippen LogP contribution is 2.19. The first kappa shape index (κ1) is 11.5. The average Bonchev–Trinajstić information content (AvgIpc) is 1.27. The SMILES string of the molecule is CC(F)(Cl)Cl.FCCl. The molecule has 0 aromatic carbocycles. The van der Waals surface area contributed by atoms with Crippen molar-refractivity contribution in [2.24, 2.45) is 0 Å². The van der Waals surface area contributed by atoms with Gasteiger partial charge in [-0.3, -0.25) is 0 Å². The van der Waals surface area contributed by atoms with E-state index in [2.05, 4.69) is 34.8 Å². The van der Waals surface area contributed by atoms with Gasteiger partial charge in [0.1, 0.15) is 0 Å². The van der Waals surface area contributed by atoms with Crippen molar-refractivity contribution in [2.75, 3.05) is 6.13 Å². The summed E-state index contributed by atoms with van der Waals surface area (Å²) in [7, 11) is 0. The van der Waals surface area contributed by atoms with Crippen molar-refractivity contribution in [2.45, 2.75) is 11.5 Å². The molecule has 0 amide bonds. The van der Waals surface area contributed by atoms with Crippen LogP contribution in [-0.2, 0) is 0 Å². The normalized spacial score (nSPS) is 9.75. The van der Waals surface area contributed by atoms with Gasteiger partial charge in [0.05, 0.1) is 0 Å². The van der Waals surface area contributed by atoms with Gasteiger partial charge in [0.2, 0.25) is 0 Å². The van der Waals surface area contributed by atoms with Crippen LogP contribution in [0, 0.1) is 0 Å². The lowest BCUT2D eigenvalue weighted by atomic mass is 10.9. The van der Waals surface area contributed by atoms with Gasteiger partial charge in [-0.25, -0.2) is 8.78 Å². The van der Waals surface area contributed by atoms with Crippen molar-refractivity contribution < 1.29 is 8.78 Å². The highest BCUT2D eigenvalue weighted by atomic mass is 35.5. The second kappa shape index (κ2) is 5.86. The van der Waals surface area contributed by atoms with Gasteiger partial charge >= 0.3 is 0 Å². The lowest BCUT2D eigenvalue weighted by Gasteiger charge is -1.92. The van der Waals surface area contributed by atoms with Gasteiger partial charge in [-0.2, -0.15) is 0 Å². The van der Waals surface area contributed by atoms with Crippen LogP contribution in [0.4, 0.5) is 8.78 Å². The maximum atomic E-state index is 11.2. The summed E-state index contributed by atoms with van der Waals surface area (Å²) in [5.41, 5.74) is 0. The summed E-state index contributed by atoms with van der Waals surface area (Å²) in [6.07, 6.45) is -0.778. The first-order chi connectivity index (χ1) is 3.41. The van der Waals surface area contributed by atoms with E-state index in [0.29, 0.717) is 0 Å². The summed E-state index contributed by atoms with van der Waals surface area (Å²) in [5, 5.41) is 0. The van der Waals surface area contributed by atoms with Crippen LogP contribution in [0.2, 0.25) is 0 Å². The summed E-state index contributed by atoms with van der Waals surface area (Å²) in [6, 6.07) is 0. The predicted molar refractivity (Wildman–Crippen MR) is 33.0 cm³/mol. The molecule has 0 bridgehead atoms. The quantitative estimate of drug-likeness (QED) is 0.508. The lowest BCUT2D eigenvalue weighted by molar-refractivity contribution is 0.424. The molecule has 0 spiro atoms. The van der Waals surface area contributed by atoms with Gasteiger partial charge in [-0.1, -0.05) is 34.8 Å². The fourth-order valence-corrected chi connectivity index (χ4v) is 0. The molecule has 0 aliphatic heterocycles. The van der Waals surface area contributed by atoms with E-state index in [-0.39, 0.29) is 0 Å². The van der Waals surface area contributed by atoms with Crippen LogP contribution < -0.4 is 0 Å². The average molecular weight is 185 g/mol. The second-order valence-corrected chi connectivity index (χ2v) is 2.70. The monoisotopic (exact) mass is 184 g/mol. The molecule has 0 radical (unpaired) electrons. The fraction of sp³-hybridized carbons (Fsp3) is 1.00. The Kier molecular flexibility index (Phi) is 8.44. The van der Waals surface area contributed by atoms with E-state index in [1.807, 2.05) is 0 Å². The predicted octanol–water partition coefficient (Wildman–Crippen LogP) is 3.26. The number of hydrogen-bond donors (Lipinski definition) is 0. The topological polar surface area (TPSA) is 0 Å². The molecule has 8 heavy (non-hydrogen) atoms. The van der Waals surface area contributed by atoms with Crippen molar-refractivity contribution in [3.05, 3.63) is 0 Å². The van der Waals surface area contributed by atoms with Crippen molar-refractivity contribution in [3.63, 3.8) is 0 Å². The van der Waals surface area contributed by atoms with Crippen LogP contribution in [-0.4, -0.2) is 10.7 Å². The zero-order valence-corrected chi connectivity index (χ0v) is 6.36. The molecule has 0 nitrogen and oxygen atoms in total. The zero-order valence-electron chi connectivity index (χ0n) is 4.10. The molecule has 0 rings (SSSR count). The largest absolute Gasteiger partial charge is 0.254 e. The molecule has 0 aromatic heterocycles. The first-order valence-electron chi connectivity index (χ1n) is 1.60. The minimum Gasteiger partial charge on any atom is -0.234 e. The minimum atomic E-state index is -2.06. The van der Waals surface area contributed by atoms with Gasteiger partial charge in [0, 0.05) is 0 Å². The first-order valence-corrected chi connectivity index (χ1v) is 2.89. The highest BCUT2D eigenvalue weighted by Gasteiger charge is 2.09. The van der Waals surface area contributed by atoms with Gasteiger partial charge < -0.3 is 0 Å². The Morgan fingerprint density at radius 3 is 1.50 bits per heavy atom. The van der Waals surface area contributed by atoms with Crippen molar-refractivity contribution >= 4 is 34.8 Å². The Morgan fingerprint density at radius 2 is 1.50 bits per heavy atom. The van der Waals surface area contributed by atoms with Crippen LogP contribution >= 0.6 is 34.8 Å². The van der Waals surface area contributed by atoms with Gasteiger partial charge in [0.15, 0.2) is 6.13 Å². The molecule has 0 aromatic rings.